The highest BCUT2D eigenvalue weighted by atomic mass is 31.2. The van der Waals surface area contributed by atoms with Crippen molar-refractivity contribution in [1.29, 1.82) is 0 Å². The van der Waals surface area contributed by atoms with Crippen molar-refractivity contribution in [3.05, 3.63) is 36.5 Å². The highest BCUT2D eigenvalue weighted by Crippen LogP contribution is 2.43. The number of aliphatic hydroxyl groups is 1. The Morgan fingerprint density at radius 2 is 1.23 bits per heavy atom. The van der Waals surface area contributed by atoms with Crippen molar-refractivity contribution in [3.63, 3.8) is 0 Å². The van der Waals surface area contributed by atoms with E-state index in [0.29, 0.717) is 19.3 Å². The first-order chi connectivity index (χ1) is 25.0. The molecule has 4 atom stereocenters. The van der Waals surface area contributed by atoms with E-state index in [0.717, 1.165) is 57.8 Å². The maximum atomic E-state index is 12.6. The van der Waals surface area contributed by atoms with Gasteiger partial charge in [0.15, 0.2) is 6.10 Å². The van der Waals surface area contributed by atoms with Crippen LogP contribution in [0.25, 0.3) is 0 Å². The summed E-state index contributed by atoms with van der Waals surface area (Å²) in [5, 5.41) is 19.0. The highest BCUT2D eigenvalue weighted by Gasteiger charge is 2.28. The molecule has 0 heterocycles. The summed E-state index contributed by atoms with van der Waals surface area (Å²) in [5.41, 5.74) is 5.31. The van der Waals surface area contributed by atoms with Crippen LogP contribution in [-0.2, 0) is 37.5 Å². The number of aliphatic hydroxyl groups excluding tert-OH is 1. The van der Waals surface area contributed by atoms with Crippen molar-refractivity contribution in [3.8, 4) is 0 Å². The van der Waals surface area contributed by atoms with Crippen LogP contribution in [0.5, 0.6) is 0 Å². The lowest BCUT2D eigenvalue weighted by Crippen LogP contribution is -2.34. The van der Waals surface area contributed by atoms with Gasteiger partial charge in [-0.3, -0.25) is 23.4 Å². The first-order valence-electron chi connectivity index (χ1n) is 19.6. The van der Waals surface area contributed by atoms with E-state index >= 15 is 0 Å². The minimum Gasteiger partial charge on any atom is -0.480 e. The largest absolute Gasteiger partial charge is 0.480 e. The number of carboxylic acids is 1. The number of carbonyl (C=O) groups excluding carboxylic acids is 2. The SMILES string of the molecule is CC/C=C/C/C=C/C=C/C(O)CCCCCCCC(=O)O[C@H](COC(=O)CCCCCCCCCCCCCC)COP(=O)(O)OC[C@H](N)C(=O)O. The molecular weight excluding hydrogens is 689 g/mol. The molecule has 0 aromatic heterocycles. The van der Waals surface area contributed by atoms with Gasteiger partial charge < -0.3 is 30.3 Å². The summed E-state index contributed by atoms with van der Waals surface area (Å²) in [6, 6.07) is -1.54. The number of carboxylic acid groups (broad SMARTS) is 1. The lowest BCUT2D eigenvalue weighted by atomic mass is 10.0. The Morgan fingerprint density at radius 3 is 1.81 bits per heavy atom. The lowest BCUT2D eigenvalue weighted by molar-refractivity contribution is -0.161. The Bertz CT molecular complexity index is 1050. The van der Waals surface area contributed by atoms with Crippen molar-refractivity contribution < 1.29 is 52.6 Å². The predicted octanol–water partition coefficient (Wildman–Crippen LogP) is 8.64. The second kappa shape index (κ2) is 34.4. The fourth-order valence-corrected chi connectivity index (χ4v) is 5.91. The van der Waals surface area contributed by atoms with Crippen LogP contribution in [0.15, 0.2) is 36.5 Å². The van der Waals surface area contributed by atoms with E-state index in [-0.39, 0.29) is 19.4 Å². The van der Waals surface area contributed by atoms with Crippen LogP contribution in [0.2, 0.25) is 0 Å². The third kappa shape index (κ3) is 33.5. The quantitative estimate of drug-likeness (QED) is 0.0157. The van der Waals surface area contributed by atoms with Crippen LogP contribution >= 0.6 is 7.82 Å². The highest BCUT2D eigenvalue weighted by molar-refractivity contribution is 7.47. The van der Waals surface area contributed by atoms with Crippen LogP contribution in [0.1, 0.15) is 155 Å². The molecule has 0 aliphatic carbocycles. The summed E-state index contributed by atoms with van der Waals surface area (Å²) in [4.78, 5) is 45.8. The summed E-state index contributed by atoms with van der Waals surface area (Å²) in [7, 11) is -4.73. The molecule has 0 saturated carbocycles. The van der Waals surface area contributed by atoms with Gasteiger partial charge in [0.2, 0.25) is 0 Å². The number of rotatable bonds is 36. The molecule has 0 aliphatic rings. The second-order valence-corrected chi connectivity index (χ2v) is 14.7. The number of hydrogen-bond acceptors (Lipinski definition) is 10. The standard InChI is InChI=1S/C39H70NO11P/c1-3-5-7-9-11-12-13-14-15-17-21-25-29-37(42)48-31-35(32-49-52(46,47)50-33-36(40)39(44)45)51-38(43)30-26-22-18-20-24-28-34(41)27-23-19-16-10-8-6-4-2/h6,8,16,19,23,27,34-36,41H,3-5,7,9-15,17-18,20-22,24-26,28-33,40H2,1-2H3,(H,44,45)(H,46,47)/b8-6+,19-16+,27-23+/t34?,35-,36+/m1/s1. The molecule has 2 unspecified atom stereocenters. The minimum absolute atomic E-state index is 0.0925. The van der Waals surface area contributed by atoms with Gasteiger partial charge in [-0.25, -0.2) is 4.57 Å². The predicted molar refractivity (Wildman–Crippen MR) is 205 cm³/mol. The molecule has 0 rings (SSSR count). The van der Waals surface area contributed by atoms with Crippen molar-refractivity contribution in [2.75, 3.05) is 19.8 Å². The van der Waals surface area contributed by atoms with Crippen LogP contribution in [-0.4, -0.2) is 71.1 Å². The van der Waals surface area contributed by atoms with Gasteiger partial charge in [0, 0.05) is 12.8 Å². The number of esters is 2. The molecule has 0 saturated heterocycles. The van der Waals surface area contributed by atoms with Gasteiger partial charge in [-0.1, -0.05) is 147 Å². The van der Waals surface area contributed by atoms with E-state index in [4.69, 9.17) is 24.8 Å². The molecule has 302 valence electrons. The Hall–Kier alpha value is -2.34. The van der Waals surface area contributed by atoms with E-state index in [1.807, 2.05) is 18.2 Å². The van der Waals surface area contributed by atoms with Crippen LogP contribution in [0, 0.1) is 0 Å². The molecule has 5 N–H and O–H groups in total. The number of aliphatic carboxylic acids is 1. The van der Waals surface area contributed by atoms with E-state index in [2.05, 4.69) is 30.5 Å². The zero-order chi connectivity index (χ0) is 38.7. The number of hydrogen-bond donors (Lipinski definition) is 4. The number of carbonyl (C=O) groups is 3. The molecule has 13 heteroatoms. The molecule has 0 fully saturated rings. The minimum atomic E-state index is -4.73. The van der Waals surface area contributed by atoms with Gasteiger partial charge >= 0.3 is 25.7 Å². The van der Waals surface area contributed by atoms with E-state index < -0.39 is 57.2 Å². The normalized spacial score (nSPS) is 14.9. The fraction of sp³-hybridized carbons (Fsp3) is 0.769. The molecule has 0 aliphatic heterocycles. The molecule has 0 aromatic rings. The first-order valence-corrected chi connectivity index (χ1v) is 21.1. The number of unbranched alkanes of at least 4 members (excludes halogenated alkanes) is 15. The Kier molecular flexibility index (Phi) is 32.9. The molecule has 0 radical (unpaired) electrons. The third-order valence-electron chi connectivity index (χ3n) is 8.26. The monoisotopic (exact) mass is 759 g/mol. The summed E-state index contributed by atoms with van der Waals surface area (Å²) in [6.45, 7) is 2.55. The number of phosphoric acid groups is 1. The molecular formula is C39H70NO11P. The van der Waals surface area contributed by atoms with Crippen molar-refractivity contribution in [1.82, 2.24) is 0 Å². The van der Waals surface area contributed by atoms with E-state index in [1.54, 1.807) is 6.08 Å². The number of allylic oxidation sites excluding steroid dienone is 5. The van der Waals surface area contributed by atoms with Gasteiger partial charge in [0.05, 0.1) is 19.3 Å². The van der Waals surface area contributed by atoms with E-state index in [9.17, 15) is 28.9 Å². The zero-order valence-corrected chi connectivity index (χ0v) is 32.9. The maximum Gasteiger partial charge on any atom is 0.472 e. The van der Waals surface area contributed by atoms with Crippen LogP contribution in [0.4, 0.5) is 0 Å². The molecule has 0 spiro atoms. The Balaban J connectivity index is 4.52. The van der Waals surface area contributed by atoms with Crippen molar-refractivity contribution in [2.45, 2.75) is 173 Å². The van der Waals surface area contributed by atoms with Crippen LogP contribution in [0.3, 0.4) is 0 Å². The average molecular weight is 760 g/mol. The number of nitrogens with two attached hydrogens (primary N) is 1. The first kappa shape index (κ1) is 49.7. The summed E-state index contributed by atoms with van der Waals surface area (Å²) in [6.07, 6.45) is 30.9. The zero-order valence-electron chi connectivity index (χ0n) is 32.0. The van der Waals surface area contributed by atoms with Gasteiger partial charge in [-0.05, 0) is 32.1 Å². The number of phosphoric ester groups is 1. The van der Waals surface area contributed by atoms with E-state index in [1.165, 1.54) is 51.4 Å². The average Bonchev–Trinajstić information content (AvgIpc) is 3.11. The Labute approximate surface area is 313 Å². The molecule has 12 nitrogen and oxygen atoms in total. The third-order valence-corrected chi connectivity index (χ3v) is 9.21. The molecule has 0 bridgehead atoms. The van der Waals surface area contributed by atoms with Crippen LogP contribution < -0.4 is 5.73 Å². The molecule has 0 aromatic carbocycles. The van der Waals surface area contributed by atoms with Gasteiger partial charge in [-0.15, -0.1) is 0 Å². The van der Waals surface area contributed by atoms with Crippen molar-refractivity contribution in [2.24, 2.45) is 5.73 Å². The van der Waals surface area contributed by atoms with Gasteiger partial charge in [-0.2, -0.15) is 0 Å². The van der Waals surface area contributed by atoms with Crippen molar-refractivity contribution >= 4 is 25.7 Å². The molecule has 52 heavy (non-hydrogen) atoms. The summed E-state index contributed by atoms with van der Waals surface area (Å²) >= 11 is 0. The Morgan fingerprint density at radius 1 is 0.692 bits per heavy atom. The summed E-state index contributed by atoms with van der Waals surface area (Å²) < 4.78 is 32.5. The fourth-order valence-electron chi connectivity index (χ4n) is 5.13. The topological polar surface area (TPSA) is 192 Å². The van der Waals surface area contributed by atoms with Gasteiger partial charge in [0.1, 0.15) is 12.6 Å². The van der Waals surface area contributed by atoms with Gasteiger partial charge in [0.25, 0.3) is 0 Å². The number of ether oxygens (including phenoxy) is 2. The lowest BCUT2D eigenvalue weighted by Gasteiger charge is -2.20. The summed E-state index contributed by atoms with van der Waals surface area (Å²) in [5.74, 6) is -2.47. The second-order valence-electron chi connectivity index (χ2n) is 13.2. The molecule has 0 amide bonds. The smallest absolute Gasteiger partial charge is 0.472 e. The maximum absolute atomic E-state index is 12.6.